The molecule has 1 atom stereocenters. The monoisotopic (exact) mass is 324 g/mol. The summed E-state index contributed by atoms with van der Waals surface area (Å²) in [5.74, 6) is -1.17. The third-order valence-corrected chi connectivity index (χ3v) is 5.37. The van der Waals surface area contributed by atoms with Crippen LogP contribution >= 0.6 is 23.1 Å². The van der Waals surface area contributed by atoms with Gasteiger partial charge in [-0.3, -0.25) is 4.79 Å². The zero-order chi connectivity index (χ0) is 15.5. The number of carbonyl (C=O) groups is 2. The van der Waals surface area contributed by atoms with E-state index in [1.807, 2.05) is 24.3 Å². The standard InChI is InChI=1S/C14H16N2O3S2/c1-3-14(2,12(18)19)16-11(17)8-20-13-15-9-6-4-5-7-10(9)21-13/h4-7H,3,8H2,1-2H3,(H,16,17)(H,18,19). The van der Waals surface area contributed by atoms with Crippen molar-refractivity contribution < 1.29 is 14.7 Å². The normalized spacial score (nSPS) is 13.8. The third-order valence-electron chi connectivity index (χ3n) is 3.20. The first kappa shape index (κ1) is 15.8. The zero-order valence-corrected chi connectivity index (χ0v) is 13.4. The molecule has 0 bridgehead atoms. The number of hydrogen-bond donors (Lipinski definition) is 2. The lowest BCUT2D eigenvalue weighted by molar-refractivity contribution is -0.146. The van der Waals surface area contributed by atoms with Crippen molar-refractivity contribution >= 4 is 45.2 Å². The Bertz CT molecular complexity index is 638. The molecule has 1 aromatic heterocycles. The van der Waals surface area contributed by atoms with Crippen LogP contribution in [0.15, 0.2) is 28.6 Å². The zero-order valence-electron chi connectivity index (χ0n) is 11.8. The Morgan fingerprint density at radius 3 is 2.76 bits per heavy atom. The number of rotatable bonds is 6. The van der Waals surface area contributed by atoms with Gasteiger partial charge in [-0.2, -0.15) is 0 Å². The number of aliphatic carboxylic acids is 1. The molecule has 1 heterocycles. The molecule has 2 N–H and O–H groups in total. The van der Waals surface area contributed by atoms with Crippen molar-refractivity contribution in [1.29, 1.82) is 0 Å². The van der Waals surface area contributed by atoms with E-state index >= 15 is 0 Å². The first-order valence-corrected chi connectivity index (χ1v) is 8.27. The largest absolute Gasteiger partial charge is 0.480 e. The van der Waals surface area contributed by atoms with Crippen LogP contribution in [0.4, 0.5) is 0 Å². The highest BCUT2D eigenvalue weighted by Gasteiger charge is 2.32. The van der Waals surface area contributed by atoms with E-state index in [1.165, 1.54) is 30.0 Å². The molecule has 112 valence electrons. The van der Waals surface area contributed by atoms with Gasteiger partial charge in [-0.25, -0.2) is 9.78 Å². The van der Waals surface area contributed by atoms with E-state index in [4.69, 9.17) is 5.11 Å². The fourth-order valence-electron chi connectivity index (χ4n) is 1.68. The second-order valence-electron chi connectivity index (χ2n) is 4.78. The summed E-state index contributed by atoms with van der Waals surface area (Å²) < 4.78 is 1.88. The Morgan fingerprint density at radius 1 is 1.43 bits per heavy atom. The van der Waals surface area contributed by atoms with Crippen LogP contribution in [-0.2, 0) is 9.59 Å². The number of para-hydroxylation sites is 1. The third kappa shape index (κ3) is 3.74. The van der Waals surface area contributed by atoms with Gasteiger partial charge in [0, 0.05) is 0 Å². The van der Waals surface area contributed by atoms with E-state index in [2.05, 4.69) is 10.3 Å². The molecule has 0 fully saturated rings. The van der Waals surface area contributed by atoms with Crippen molar-refractivity contribution in [1.82, 2.24) is 10.3 Å². The number of carbonyl (C=O) groups excluding carboxylic acids is 1. The van der Waals surface area contributed by atoms with Crippen molar-refractivity contribution in [2.45, 2.75) is 30.1 Å². The number of carboxylic acids is 1. The smallest absolute Gasteiger partial charge is 0.329 e. The molecule has 0 saturated carbocycles. The van der Waals surface area contributed by atoms with Crippen LogP contribution in [0.2, 0.25) is 0 Å². The molecule has 5 nitrogen and oxygen atoms in total. The Labute approximate surface area is 130 Å². The summed E-state index contributed by atoms with van der Waals surface area (Å²) in [6.45, 7) is 3.24. The van der Waals surface area contributed by atoms with Gasteiger partial charge in [-0.05, 0) is 25.5 Å². The number of thiazole rings is 1. The van der Waals surface area contributed by atoms with Crippen molar-refractivity contribution in [2.75, 3.05) is 5.75 Å². The molecule has 2 rings (SSSR count). The van der Waals surface area contributed by atoms with E-state index in [9.17, 15) is 9.59 Å². The molecule has 1 aromatic carbocycles. The van der Waals surface area contributed by atoms with Crippen LogP contribution in [0.3, 0.4) is 0 Å². The lowest BCUT2D eigenvalue weighted by Gasteiger charge is -2.24. The summed E-state index contributed by atoms with van der Waals surface area (Å²) in [5, 5.41) is 11.7. The van der Waals surface area contributed by atoms with E-state index < -0.39 is 11.5 Å². The summed E-state index contributed by atoms with van der Waals surface area (Å²) in [5.41, 5.74) is -0.306. The van der Waals surface area contributed by atoms with Crippen molar-refractivity contribution in [3.8, 4) is 0 Å². The minimum atomic E-state index is -1.22. The van der Waals surface area contributed by atoms with Crippen molar-refractivity contribution in [3.63, 3.8) is 0 Å². The van der Waals surface area contributed by atoms with Gasteiger partial charge in [0.25, 0.3) is 0 Å². The molecule has 7 heteroatoms. The van der Waals surface area contributed by atoms with Crippen LogP contribution in [0.25, 0.3) is 10.2 Å². The number of benzene rings is 1. The SMILES string of the molecule is CCC(C)(NC(=O)CSc1nc2ccccc2s1)C(=O)O. The average molecular weight is 324 g/mol. The highest BCUT2D eigenvalue weighted by atomic mass is 32.2. The average Bonchev–Trinajstić information content (AvgIpc) is 2.87. The summed E-state index contributed by atoms with van der Waals surface area (Å²) in [6, 6.07) is 7.77. The molecule has 0 aliphatic heterocycles. The van der Waals surface area contributed by atoms with Gasteiger partial charge < -0.3 is 10.4 Å². The van der Waals surface area contributed by atoms with E-state index in [-0.39, 0.29) is 11.7 Å². The van der Waals surface area contributed by atoms with Crippen molar-refractivity contribution in [2.24, 2.45) is 0 Å². The highest BCUT2D eigenvalue weighted by molar-refractivity contribution is 8.01. The number of amides is 1. The fourth-order valence-corrected chi connectivity index (χ4v) is 3.55. The second-order valence-corrected chi connectivity index (χ2v) is 7.03. The predicted molar refractivity (Wildman–Crippen MR) is 84.8 cm³/mol. The molecule has 0 spiro atoms. The second kappa shape index (κ2) is 6.44. The van der Waals surface area contributed by atoms with E-state index in [1.54, 1.807) is 6.92 Å². The summed E-state index contributed by atoms with van der Waals surface area (Å²) in [6.07, 6.45) is 0.333. The molecule has 0 aliphatic carbocycles. The number of thioether (sulfide) groups is 1. The quantitative estimate of drug-likeness (QED) is 0.799. The number of nitrogens with one attached hydrogen (secondary N) is 1. The maximum absolute atomic E-state index is 11.9. The molecular weight excluding hydrogens is 308 g/mol. The molecular formula is C14H16N2O3S2. The maximum atomic E-state index is 11.9. The number of nitrogens with zero attached hydrogens (tertiary/aromatic N) is 1. The van der Waals surface area contributed by atoms with Gasteiger partial charge in [0.1, 0.15) is 5.54 Å². The van der Waals surface area contributed by atoms with E-state index in [0.717, 1.165) is 14.6 Å². The number of hydrogen-bond acceptors (Lipinski definition) is 5. The van der Waals surface area contributed by atoms with Gasteiger partial charge in [-0.1, -0.05) is 30.8 Å². The Kier molecular flexibility index (Phi) is 4.84. The van der Waals surface area contributed by atoms with Gasteiger partial charge in [-0.15, -0.1) is 11.3 Å². The molecule has 0 aliphatic rings. The Hall–Kier alpha value is -1.60. The molecule has 0 radical (unpaired) electrons. The maximum Gasteiger partial charge on any atom is 0.329 e. The van der Waals surface area contributed by atoms with Crippen molar-refractivity contribution in [3.05, 3.63) is 24.3 Å². The topological polar surface area (TPSA) is 79.3 Å². The molecule has 1 amide bonds. The lowest BCUT2D eigenvalue weighted by Crippen LogP contribution is -2.52. The lowest BCUT2D eigenvalue weighted by atomic mass is 9.99. The van der Waals surface area contributed by atoms with E-state index in [0.29, 0.717) is 6.42 Å². The summed E-state index contributed by atoms with van der Waals surface area (Å²) in [7, 11) is 0. The minimum Gasteiger partial charge on any atom is -0.480 e. The molecule has 0 saturated heterocycles. The van der Waals surface area contributed by atoms with Crippen LogP contribution in [0, 0.1) is 0 Å². The van der Waals surface area contributed by atoms with Crippen LogP contribution in [0.5, 0.6) is 0 Å². The Balaban J connectivity index is 1.96. The Morgan fingerprint density at radius 2 is 2.14 bits per heavy atom. The van der Waals surface area contributed by atoms with Crippen LogP contribution < -0.4 is 5.32 Å². The summed E-state index contributed by atoms with van der Waals surface area (Å²) in [4.78, 5) is 27.5. The molecule has 21 heavy (non-hydrogen) atoms. The number of aromatic nitrogens is 1. The molecule has 1 unspecified atom stereocenters. The van der Waals surface area contributed by atoms with Crippen LogP contribution in [0.1, 0.15) is 20.3 Å². The fraction of sp³-hybridized carbons (Fsp3) is 0.357. The van der Waals surface area contributed by atoms with Gasteiger partial charge in [0.05, 0.1) is 16.0 Å². The number of fused-ring (bicyclic) bond motifs is 1. The summed E-state index contributed by atoms with van der Waals surface area (Å²) >= 11 is 2.84. The van der Waals surface area contributed by atoms with Gasteiger partial charge in [0.15, 0.2) is 4.34 Å². The number of carboxylic acid groups (broad SMARTS) is 1. The van der Waals surface area contributed by atoms with Gasteiger partial charge in [0.2, 0.25) is 5.91 Å². The van der Waals surface area contributed by atoms with Crippen LogP contribution in [-0.4, -0.2) is 33.3 Å². The minimum absolute atomic E-state index is 0.155. The first-order valence-electron chi connectivity index (χ1n) is 6.47. The predicted octanol–water partition coefficient (Wildman–Crippen LogP) is 2.76. The first-order chi connectivity index (χ1) is 9.94. The van der Waals surface area contributed by atoms with Gasteiger partial charge >= 0.3 is 5.97 Å². The highest BCUT2D eigenvalue weighted by Crippen LogP contribution is 2.29. The molecule has 2 aromatic rings.